The highest BCUT2D eigenvalue weighted by atomic mass is 79.9. The molecule has 18 heavy (non-hydrogen) atoms. The first-order chi connectivity index (χ1) is 8.65. The van der Waals surface area contributed by atoms with E-state index in [9.17, 15) is 0 Å². The van der Waals surface area contributed by atoms with Gasteiger partial charge in [-0.05, 0) is 32.2 Å². The Kier molecular flexibility index (Phi) is 4.37. The maximum atomic E-state index is 5.38. The van der Waals surface area contributed by atoms with Crippen LogP contribution in [0.5, 0.6) is 5.75 Å². The summed E-state index contributed by atoms with van der Waals surface area (Å²) in [6, 6.07) is 6.20. The molecule has 0 aliphatic carbocycles. The average Bonchev–Trinajstić information content (AvgIpc) is 2.87. The van der Waals surface area contributed by atoms with E-state index in [-0.39, 0.29) is 6.04 Å². The summed E-state index contributed by atoms with van der Waals surface area (Å²) in [5.41, 5.74) is 1.97. The van der Waals surface area contributed by atoms with Crippen molar-refractivity contribution in [3.8, 4) is 17.0 Å². The van der Waals surface area contributed by atoms with E-state index < -0.39 is 0 Å². The number of hydrogen-bond donors (Lipinski definition) is 1. The molecule has 0 spiro atoms. The van der Waals surface area contributed by atoms with Crippen LogP contribution in [0.25, 0.3) is 11.3 Å². The Morgan fingerprint density at radius 3 is 2.89 bits per heavy atom. The maximum Gasteiger partial charge on any atom is 0.128 e. The van der Waals surface area contributed by atoms with Crippen molar-refractivity contribution in [2.45, 2.75) is 13.0 Å². The zero-order chi connectivity index (χ0) is 13.1. The number of rotatable bonds is 4. The lowest BCUT2D eigenvalue weighted by molar-refractivity contribution is 0.416. The number of ether oxygens (including phenoxy) is 1. The van der Waals surface area contributed by atoms with Crippen LogP contribution in [-0.2, 0) is 0 Å². The molecule has 1 aromatic heterocycles. The standard InChI is InChI=1S/C13H15BrN2OS/c1-8(15-2)13-16-11(7-18-13)10-6-9(14)4-5-12(10)17-3/h4-8,15H,1-3H3. The zero-order valence-electron chi connectivity index (χ0n) is 10.5. The number of nitrogens with zero attached hydrogens (tertiary/aromatic N) is 1. The van der Waals surface area contributed by atoms with Crippen molar-refractivity contribution >= 4 is 27.3 Å². The van der Waals surface area contributed by atoms with Gasteiger partial charge in [0.15, 0.2) is 0 Å². The van der Waals surface area contributed by atoms with Crippen LogP contribution in [0.1, 0.15) is 18.0 Å². The number of nitrogens with one attached hydrogen (secondary N) is 1. The molecule has 0 fully saturated rings. The zero-order valence-corrected chi connectivity index (χ0v) is 12.9. The van der Waals surface area contributed by atoms with Crippen molar-refractivity contribution in [3.63, 3.8) is 0 Å². The molecular formula is C13H15BrN2OS. The smallest absolute Gasteiger partial charge is 0.128 e. The van der Waals surface area contributed by atoms with Crippen LogP contribution in [-0.4, -0.2) is 19.1 Å². The Morgan fingerprint density at radius 2 is 2.22 bits per heavy atom. The number of thiazole rings is 1. The van der Waals surface area contributed by atoms with Gasteiger partial charge >= 0.3 is 0 Å². The minimum absolute atomic E-state index is 0.266. The van der Waals surface area contributed by atoms with Gasteiger partial charge in [0.2, 0.25) is 0 Å². The average molecular weight is 327 g/mol. The van der Waals surface area contributed by atoms with Crippen molar-refractivity contribution in [3.05, 3.63) is 33.1 Å². The molecule has 0 saturated carbocycles. The second-order valence-corrected chi connectivity index (χ2v) is 5.73. The van der Waals surface area contributed by atoms with Gasteiger partial charge in [-0.1, -0.05) is 15.9 Å². The Balaban J connectivity index is 2.42. The molecule has 1 unspecified atom stereocenters. The van der Waals surface area contributed by atoms with Crippen molar-refractivity contribution in [2.24, 2.45) is 0 Å². The summed E-state index contributed by atoms with van der Waals surface area (Å²) in [5, 5.41) is 6.33. The number of benzene rings is 1. The molecule has 2 rings (SSSR count). The van der Waals surface area contributed by atoms with Gasteiger partial charge in [0.25, 0.3) is 0 Å². The Hall–Kier alpha value is -0.910. The monoisotopic (exact) mass is 326 g/mol. The summed E-state index contributed by atoms with van der Waals surface area (Å²) >= 11 is 5.14. The number of hydrogen-bond acceptors (Lipinski definition) is 4. The fourth-order valence-corrected chi connectivity index (χ4v) is 2.86. The van der Waals surface area contributed by atoms with Crippen LogP contribution in [0.4, 0.5) is 0 Å². The highest BCUT2D eigenvalue weighted by molar-refractivity contribution is 9.10. The number of methoxy groups -OCH3 is 1. The fraction of sp³-hybridized carbons (Fsp3) is 0.308. The van der Waals surface area contributed by atoms with Crippen molar-refractivity contribution in [1.29, 1.82) is 0 Å². The second kappa shape index (κ2) is 5.82. The van der Waals surface area contributed by atoms with Crippen LogP contribution in [0.3, 0.4) is 0 Å². The van der Waals surface area contributed by atoms with E-state index in [1.165, 1.54) is 0 Å². The molecule has 2 aromatic rings. The first kappa shape index (κ1) is 13.5. The predicted octanol–water partition coefficient (Wildman–Crippen LogP) is 3.86. The molecule has 5 heteroatoms. The topological polar surface area (TPSA) is 34.2 Å². The van der Waals surface area contributed by atoms with Gasteiger partial charge in [-0.2, -0.15) is 0 Å². The molecule has 1 heterocycles. The second-order valence-electron chi connectivity index (χ2n) is 3.93. The normalized spacial score (nSPS) is 12.4. The van der Waals surface area contributed by atoms with E-state index in [1.54, 1.807) is 18.4 Å². The third kappa shape index (κ3) is 2.74. The van der Waals surface area contributed by atoms with Gasteiger partial charge in [-0.3, -0.25) is 0 Å². The summed E-state index contributed by atoms with van der Waals surface area (Å²) in [6.07, 6.45) is 0. The quantitative estimate of drug-likeness (QED) is 0.926. The molecule has 1 atom stereocenters. The summed E-state index contributed by atoms with van der Waals surface area (Å²) in [5.74, 6) is 0.840. The molecule has 0 radical (unpaired) electrons. The Morgan fingerprint density at radius 1 is 1.44 bits per heavy atom. The highest BCUT2D eigenvalue weighted by Crippen LogP contribution is 2.34. The molecule has 0 aliphatic rings. The Bertz CT molecular complexity index is 542. The molecule has 0 amide bonds. The van der Waals surface area contributed by atoms with Crippen LogP contribution >= 0.6 is 27.3 Å². The molecule has 1 aromatic carbocycles. The van der Waals surface area contributed by atoms with E-state index in [4.69, 9.17) is 4.74 Å². The molecular weight excluding hydrogens is 312 g/mol. The van der Waals surface area contributed by atoms with Crippen LogP contribution in [0, 0.1) is 0 Å². The van der Waals surface area contributed by atoms with Gasteiger partial charge in [-0.15, -0.1) is 11.3 Å². The van der Waals surface area contributed by atoms with E-state index >= 15 is 0 Å². The first-order valence-corrected chi connectivity index (χ1v) is 7.29. The SMILES string of the molecule is CNC(C)c1nc(-c2cc(Br)ccc2OC)cs1. The molecule has 0 bridgehead atoms. The van der Waals surface area contributed by atoms with Gasteiger partial charge in [0, 0.05) is 15.4 Å². The summed E-state index contributed by atoms with van der Waals surface area (Å²) in [7, 11) is 3.61. The molecule has 3 nitrogen and oxygen atoms in total. The van der Waals surface area contributed by atoms with E-state index in [2.05, 4.69) is 38.5 Å². The van der Waals surface area contributed by atoms with Crippen molar-refractivity contribution < 1.29 is 4.74 Å². The predicted molar refractivity (Wildman–Crippen MR) is 79.3 cm³/mol. The third-order valence-electron chi connectivity index (χ3n) is 2.76. The Labute approximate surface area is 119 Å². The largest absolute Gasteiger partial charge is 0.496 e. The van der Waals surface area contributed by atoms with E-state index in [0.29, 0.717) is 0 Å². The fourth-order valence-electron chi connectivity index (χ4n) is 1.61. The van der Waals surface area contributed by atoms with Crippen LogP contribution in [0.15, 0.2) is 28.1 Å². The van der Waals surface area contributed by atoms with E-state index in [0.717, 1.165) is 26.5 Å². The van der Waals surface area contributed by atoms with Crippen LogP contribution < -0.4 is 10.1 Å². The summed E-state index contributed by atoms with van der Waals surface area (Å²) in [4.78, 5) is 4.66. The lowest BCUT2D eigenvalue weighted by Gasteiger charge is -2.07. The summed E-state index contributed by atoms with van der Waals surface area (Å²) in [6.45, 7) is 2.10. The summed E-state index contributed by atoms with van der Waals surface area (Å²) < 4.78 is 6.40. The van der Waals surface area contributed by atoms with Crippen molar-refractivity contribution in [1.82, 2.24) is 10.3 Å². The minimum atomic E-state index is 0.266. The van der Waals surface area contributed by atoms with E-state index in [1.807, 2.05) is 25.2 Å². The molecule has 1 N–H and O–H groups in total. The van der Waals surface area contributed by atoms with Gasteiger partial charge in [-0.25, -0.2) is 4.98 Å². The third-order valence-corrected chi connectivity index (χ3v) is 4.28. The van der Waals surface area contributed by atoms with Gasteiger partial charge in [0.1, 0.15) is 10.8 Å². The molecule has 0 saturated heterocycles. The maximum absolute atomic E-state index is 5.38. The number of aromatic nitrogens is 1. The number of halogens is 1. The highest BCUT2D eigenvalue weighted by Gasteiger charge is 2.13. The van der Waals surface area contributed by atoms with Gasteiger partial charge in [0.05, 0.1) is 18.8 Å². The van der Waals surface area contributed by atoms with Crippen molar-refractivity contribution in [2.75, 3.05) is 14.2 Å². The molecule has 96 valence electrons. The lowest BCUT2D eigenvalue weighted by Crippen LogP contribution is -2.11. The van der Waals surface area contributed by atoms with Crippen LogP contribution in [0.2, 0.25) is 0 Å². The van der Waals surface area contributed by atoms with Gasteiger partial charge < -0.3 is 10.1 Å². The lowest BCUT2D eigenvalue weighted by atomic mass is 10.1. The minimum Gasteiger partial charge on any atom is -0.496 e. The first-order valence-electron chi connectivity index (χ1n) is 5.62. The molecule has 0 aliphatic heterocycles.